The third-order valence-electron chi connectivity index (χ3n) is 6.53. The molecule has 0 amide bonds. The Balaban J connectivity index is 1.36. The van der Waals surface area contributed by atoms with Crippen molar-refractivity contribution in [2.75, 3.05) is 13.7 Å². The van der Waals surface area contributed by atoms with Crippen molar-refractivity contribution in [1.29, 1.82) is 0 Å². The van der Waals surface area contributed by atoms with Crippen molar-refractivity contribution in [3.8, 4) is 5.75 Å². The first kappa shape index (κ1) is 20.8. The topological polar surface area (TPSA) is 81.6 Å². The van der Waals surface area contributed by atoms with Gasteiger partial charge < -0.3 is 20.4 Å². The Morgan fingerprint density at radius 2 is 2.03 bits per heavy atom. The number of nitrogens with zero attached hydrogens (tertiary/aromatic N) is 2. The third kappa shape index (κ3) is 4.82. The zero-order chi connectivity index (χ0) is 20.9. The van der Waals surface area contributed by atoms with Gasteiger partial charge in [0.25, 0.3) is 5.56 Å². The number of allylic oxidation sites excluding steroid dienone is 1. The van der Waals surface area contributed by atoms with Crippen molar-refractivity contribution in [1.82, 2.24) is 9.88 Å². The minimum absolute atomic E-state index is 0.0103. The minimum Gasteiger partial charge on any atom is -0.497 e. The highest BCUT2D eigenvalue weighted by atomic mass is 16.5. The summed E-state index contributed by atoms with van der Waals surface area (Å²) in [6.07, 6.45) is 10.6. The van der Waals surface area contributed by atoms with Crippen molar-refractivity contribution < 1.29 is 4.74 Å². The van der Waals surface area contributed by atoms with Gasteiger partial charge in [0, 0.05) is 49.2 Å². The van der Waals surface area contributed by atoms with Crippen LogP contribution in [0.5, 0.6) is 5.75 Å². The second-order valence-corrected chi connectivity index (χ2v) is 8.48. The molecule has 1 saturated carbocycles. The molecule has 0 bridgehead atoms. The maximum absolute atomic E-state index is 12.6. The predicted molar refractivity (Wildman–Crippen MR) is 122 cm³/mol. The standard InChI is InChI=1S/C24H32N4O2/c1-30-21-11-7-18-8-12-24(29)28(23(18)14-21)16-22(25)17-5-9-19(10-6-17)27-15-20-4-2-3-13-26-20/h3,7-8,11-14,17,19,22,27H,2,4-6,9-10,15-16,25H2,1H3/t17-,19-,22?. The Kier molecular flexibility index (Phi) is 6.65. The summed E-state index contributed by atoms with van der Waals surface area (Å²) in [6, 6.07) is 9.82. The normalized spacial score (nSPS) is 22.7. The van der Waals surface area contributed by atoms with Crippen LogP contribution in [0.4, 0.5) is 0 Å². The van der Waals surface area contributed by atoms with E-state index < -0.39 is 0 Å². The van der Waals surface area contributed by atoms with Crippen LogP contribution in [0.25, 0.3) is 10.9 Å². The smallest absolute Gasteiger partial charge is 0.251 e. The highest BCUT2D eigenvalue weighted by Crippen LogP contribution is 2.28. The molecule has 0 spiro atoms. The van der Waals surface area contributed by atoms with E-state index in [1.807, 2.05) is 35.0 Å². The zero-order valence-corrected chi connectivity index (χ0v) is 17.7. The maximum atomic E-state index is 12.6. The summed E-state index contributed by atoms with van der Waals surface area (Å²) >= 11 is 0. The number of aliphatic imine (C=N–C) groups is 1. The van der Waals surface area contributed by atoms with Crippen molar-refractivity contribution in [3.63, 3.8) is 0 Å². The van der Waals surface area contributed by atoms with Gasteiger partial charge >= 0.3 is 0 Å². The van der Waals surface area contributed by atoms with E-state index in [1.165, 1.54) is 5.71 Å². The Hall–Kier alpha value is -2.44. The lowest BCUT2D eigenvalue weighted by atomic mass is 9.81. The van der Waals surface area contributed by atoms with Gasteiger partial charge in [0.2, 0.25) is 0 Å². The number of pyridine rings is 1. The van der Waals surface area contributed by atoms with E-state index in [9.17, 15) is 4.79 Å². The molecular weight excluding hydrogens is 376 g/mol. The fourth-order valence-corrected chi connectivity index (χ4v) is 4.64. The van der Waals surface area contributed by atoms with Crippen molar-refractivity contribution >= 4 is 16.6 Å². The Morgan fingerprint density at radius 3 is 2.77 bits per heavy atom. The van der Waals surface area contributed by atoms with E-state index in [1.54, 1.807) is 13.2 Å². The molecule has 160 valence electrons. The summed E-state index contributed by atoms with van der Waals surface area (Å²) in [5.41, 5.74) is 8.73. The van der Waals surface area contributed by atoms with Gasteiger partial charge in [-0.05, 0) is 68.0 Å². The second-order valence-electron chi connectivity index (χ2n) is 8.48. The van der Waals surface area contributed by atoms with E-state index in [4.69, 9.17) is 10.5 Å². The van der Waals surface area contributed by atoms with E-state index in [-0.39, 0.29) is 11.6 Å². The van der Waals surface area contributed by atoms with Gasteiger partial charge in [0.1, 0.15) is 5.75 Å². The van der Waals surface area contributed by atoms with Crippen molar-refractivity contribution in [2.24, 2.45) is 16.6 Å². The SMILES string of the molecule is COc1ccc2ccc(=O)n(CC(N)[C@H]3CC[C@H](NCC4=NC=CCC4)CC3)c2c1. The Morgan fingerprint density at radius 1 is 1.23 bits per heavy atom. The molecule has 1 unspecified atom stereocenters. The molecule has 1 atom stereocenters. The van der Waals surface area contributed by atoms with Crippen LogP contribution in [-0.4, -0.2) is 36.0 Å². The van der Waals surface area contributed by atoms with Gasteiger partial charge in [-0.15, -0.1) is 0 Å². The molecule has 0 radical (unpaired) electrons. The van der Waals surface area contributed by atoms with Crippen LogP contribution in [0.2, 0.25) is 0 Å². The molecule has 6 nitrogen and oxygen atoms in total. The monoisotopic (exact) mass is 408 g/mol. The molecule has 1 aromatic carbocycles. The number of rotatable bonds is 7. The Labute approximate surface area is 177 Å². The van der Waals surface area contributed by atoms with Crippen LogP contribution in [0.3, 0.4) is 0 Å². The molecule has 0 saturated heterocycles. The molecule has 6 heteroatoms. The van der Waals surface area contributed by atoms with Crippen molar-refractivity contribution in [2.45, 2.75) is 57.2 Å². The highest BCUT2D eigenvalue weighted by Gasteiger charge is 2.26. The number of aromatic nitrogens is 1. The first-order valence-electron chi connectivity index (χ1n) is 11.0. The van der Waals surface area contributed by atoms with Gasteiger partial charge in [-0.2, -0.15) is 0 Å². The number of benzene rings is 1. The fourth-order valence-electron chi connectivity index (χ4n) is 4.64. The fraction of sp³-hybridized carbons (Fsp3) is 0.500. The molecule has 30 heavy (non-hydrogen) atoms. The molecular formula is C24H32N4O2. The molecule has 4 rings (SSSR count). The van der Waals surface area contributed by atoms with Crippen LogP contribution in [-0.2, 0) is 6.54 Å². The zero-order valence-electron chi connectivity index (χ0n) is 17.7. The van der Waals surface area contributed by atoms with Crippen LogP contribution >= 0.6 is 0 Å². The average Bonchev–Trinajstić information content (AvgIpc) is 2.80. The number of fused-ring (bicyclic) bond motifs is 1. The van der Waals surface area contributed by atoms with E-state index >= 15 is 0 Å². The van der Waals surface area contributed by atoms with Gasteiger partial charge in [-0.1, -0.05) is 6.08 Å². The average molecular weight is 409 g/mol. The number of hydrogen-bond acceptors (Lipinski definition) is 5. The van der Waals surface area contributed by atoms with Crippen LogP contribution in [0, 0.1) is 5.92 Å². The largest absolute Gasteiger partial charge is 0.497 e. The summed E-state index contributed by atoms with van der Waals surface area (Å²) < 4.78 is 7.16. The van der Waals surface area contributed by atoms with Gasteiger partial charge in [-0.25, -0.2) is 0 Å². The predicted octanol–water partition coefficient (Wildman–Crippen LogP) is 3.23. The lowest BCUT2D eigenvalue weighted by molar-refractivity contribution is 0.249. The maximum Gasteiger partial charge on any atom is 0.251 e. The first-order valence-corrected chi connectivity index (χ1v) is 11.0. The quantitative estimate of drug-likeness (QED) is 0.737. The van der Waals surface area contributed by atoms with E-state index in [2.05, 4.69) is 16.4 Å². The molecule has 1 aliphatic carbocycles. The van der Waals surface area contributed by atoms with Crippen LogP contribution < -0.4 is 21.3 Å². The molecule has 1 aromatic heterocycles. The third-order valence-corrected chi connectivity index (χ3v) is 6.53. The second kappa shape index (κ2) is 9.58. The van der Waals surface area contributed by atoms with E-state index in [0.29, 0.717) is 18.5 Å². The van der Waals surface area contributed by atoms with Gasteiger partial charge in [0.05, 0.1) is 12.6 Å². The summed E-state index contributed by atoms with van der Waals surface area (Å²) in [7, 11) is 1.64. The highest BCUT2D eigenvalue weighted by molar-refractivity contribution is 5.87. The minimum atomic E-state index is -0.0340. The summed E-state index contributed by atoms with van der Waals surface area (Å²) in [6.45, 7) is 1.42. The molecule has 2 aromatic rings. The Bertz CT molecular complexity index is 986. The van der Waals surface area contributed by atoms with Crippen LogP contribution in [0.15, 0.2) is 52.4 Å². The molecule has 3 N–H and O–H groups in total. The number of ether oxygens (including phenoxy) is 1. The number of methoxy groups -OCH3 is 1. The lowest BCUT2D eigenvalue weighted by Crippen LogP contribution is -2.43. The van der Waals surface area contributed by atoms with Crippen molar-refractivity contribution in [3.05, 3.63) is 53.0 Å². The first-order chi connectivity index (χ1) is 14.6. The van der Waals surface area contributed by atoms with E-state index in [0.717, 1.165) is 61.7 Å². The summed E-state index contributed by atoms with van der Waals surface area (Å²) in [5, 5.41) is 4.70. The molecule has 2 aliphatic rings. The molecule has 2 heterocycles. The summed E-state index contributed by atoms with van der Waals surface area (Å²) in [4.78, 5) is 17.0. The lowest BCUT2D eigenvalue weighted by Gasteiger charge is -2.33. The van der Waals surface area contributed by atoms with Crippen LogP contribution in [0.1, 0.15) is 38.5 Å². The van der Waals surface area contributed by atoms with Gasteiger partial charge in [-0.3, -0.25) is 9.79 Å². The van der Waals surface area contributed by atoms with Gasteiger partial charge in [0.15, 0.2) is 0 Å². The molecule has 1 aliphatic heterocycles. The number of nitrogens with two attached hydrogens (primary N) is 1. The summed E-state index contributed by atoms with van der Waals surface area (Å²) in [5.74, 6) is 1.19. The number of hydrogen-bond donors (Lipinski definition) is 2. The molecule has 1 fully saturated rings. The number of nitrogens with one attached hydrogen (secondary N) is 1.